The molecular weight excluding hydrogens is 362 g/mol. The number of carbonyl (C=O) groups excluding carboxylic acids is 4. The summed E-state index contributed by atoms with van der Waals surface area (Å²) in [6, 6.07) is 5.70. The molecule has 8 heteroatoms. The molecule has 1 aliphatic heterocycles. The number of nitrogens with zero attached hydrogens (tertiary/aromatic N) is 1. The van der Waals surface area contributed by atoms with E-state index in [2.05, 4.69) is 10.6 Å². The predicted molar refractivity (Wildman–Crippen MR) is 102 cm³/mol. The van der Waals surface area contributed by atoms with E-state index in [-0.39, 0.29) is 25.0 Å². The fraction of sp³-hybridized carbons (Fsp3) is 0.500. The van der Waals surface area contributed by atoms with Crippen LogP contribution < -0.4 is 10.6 Å². The van der Waals surface area contributed by atoms with Crippen LogP contribution in [0.4, 0.5) is 10.5 Å². The highest BCUT2D eigenvalue weighted by Crippen LogP contribution is 2.38. The largest absolute Gasteiger partial charge is 0.462 e. The smallest absolute Gasteiger partial charge is 0.338 e. The highest BCUT2D eigenvalue weighted by molar-refractivity contribution is 6.10. The molecule has 150 valence electrons. The van der Waals surface area contributed by atoms with Crippen molar-refractivity contribution < 1.29 is 23.9 Å². The second-order valence-corrected chi connectivity index (χ2v) is 7.29. The van der Waals surface area contributed by atoms with Crippen LogP contribution in [0.2, 0.25) is 0 Å². The fourth-order valence-corrected chi connectivity index (χ4v) is 3.89. The Morgan fingerprint density at radius 2 is 1.96 bits per heavy atom. The van der Waals surface area contributed by atoms with Crippen molar-refractivity contribution in [1.82, 2.24) is 10.2 Å². The number of hydrogen-bond acceptors (Lipinski definition) is 5. The van der Waals surface area contributed by atoms with E-state index in [1.54, 1.807) is 31.2 Å². The molecule has 2 aliphatic rings. The maximum Gasteiger partial charge on any atom is 0.338 e. The molecule has 2 fully saturated rings. The van der Waals surface area contributed by atoms with Gasteiger partial charge in [0, 0.05) is 5.69 Å². The van der Waals surface area contributed by atoms with Crippen molar-refractivity contribution in [3.05, 3.63) is 29.8 Å². The van der Waals surface area contributed by atoms with E-state index in [9.17, 15) is 19.2 Å². The summed E-state index contributed by atoms with van der Waals surface area (Å²) >= 11 is 0. The van der Waals surface area contributed by atoms with Crippen LogP contribution in [-0.2, 0) is 14.3 Å². The third-order valence-corrected chi connectivity index (χ3v) is 5.48. The number of urea groups is 1. The Morgan fingerprint density at radius 1 is 1.25 bits per heavy atom. The van der Waals surface area contributed by atoms with E-state index in [4.69, 9.17) is 4.74 Å². The Balaban J connectivity index is 1.62. The van der Waals surface area contributed by atoms with Crippen LogP contribution in [0.3, 0.4) is 0 Å². The van der Waals surface area contributed by atoms with Gasteiger partial charge >= 0.3 is 12.0 Å². The molecule has 8 nitrogen and oxygen atoms in total. The molecule has 0 bridgehead atoms. The van der Waals surface area contributed by atoms with Crippen molar-refractivity contribution in [1.29, 1.82) is 0 Å². The third-order valence-electron chi connectivity index (χ3n) is 5.48. The number of amides is 4. The van der Waals surface area contributed by atoms with E-state index < -0.39 is 23.4 Å². The van der Waals surface area contributed by atoms with E-state index >= 15 is 0 Å². The summed E-state index contributed by atoms with van der Waals surface area (Å²) in [5, 5.41) is 5.47. The lowest BCUT2D eigenvalue weighted by Crippen LogP contribution is -2.54. The molecule has 28 heavy (non-hydrogen) atoms. The molecule has 3 rings (SSSR count). The molecule has 1 aliphatic carbocycles. The molecule has 1 heterocycles. The lowest BCUT2D eigenvalue weighted by atomic mass is 9.73. The van der Waals surface area contributed by atoms with Crippen molar-refractivity contribution in [3.63, 3.8) is 0 Å². The SMILES string of the molecule is CCOC(=O)c1ccc(NC(=O)CN2C(=O)N[C@]3(CCCC[C@@H]3C)C2=O)cc1. The summed E-state index contributed by atoms with van der Waals surface area (Å²) in [5.74, 6) is -1.20. The van der Waals surface area contributed by atoms with Crippen LogP contribution in [0.5, 0.6) is 0 Å². The van der Waals surface area contributed by atoms with E-state index in [0.717, 1.165) is 24.2 Å². The average molecular weight is 387 g/mol. The molecule has 2 N–H and O–H groups in total. The average Bonchev–Trinajstić information content (AvgIpc) is 2.90. The van der Waals surface area contributed by atoms with Gasteiger partial charge in [-0.15, -0.1) is 0 Å². The zero-order valence-corrected chi connectivity index (χ0v) is 16.1. The van der Waals surface area contributed by atoms with E-state index in [0.29, 0.717) is 17.7 Å². The Morgan fingerprint density at radius 3 is 2.61 bits per heavy atom. The van der Waals surface area contributed by atoms with Crippen LogP contribution >= 0.6 is 0 Å². The van der Waals surface area contributed by atoms with Crippen molar-refractivity contribution in [2.24, 2.45) is 5.92 Å². The zero-order valence-electron chi connectivity index (χ0n) is 16.1. The first-order valence-electron chi connectivity index (χ1n) is 9.58. The van der Waals surface area contributed by atoms with Gasteiger partial charge in [0.05, 0.1) is 12.2 Å². The number of nitrogens with one attached hydrogen (secondary N) is 2. The van der Waals surface area contributed by atoms with Gasteiger partial charge in [0.15, 0.2) is 0 Å². The number of carbonyl (C=O) groups is 4. The first-order valence-corrected chi connectivity index (χ1v) is 9.58. The molecule has 1 aromatic carbocycles. The first kappa shape index (κ1) is 19.9. The summed E-state index contributed by atoms with van der Waals surface area (Å²) in [7, 11) is 0. The number of rotatable bonds is 5. The Bertz CT molecular complexity index is 792. The van der Waals surface area contributed by atoms with Gasteiger partial charge in [0.1, 0.15) is 12.1 Å². The van der Waals surface area contributed by atoms with Crippen molar-refractivity contribution in [2.45, 2.75) is 45.1 Å². The summed E-state index contributed by atoms with van der Waals surface area (Å²) in [4.78, 5) is 50.2. The van der Waals surface area contributed by atoms with E-state index in [1.807, 2.05) is 6.92 Å². The van der Waals surface area contributed by atoms with E-state index in [1.165, 1.54) is 0 Å². The molecule has 0 radical (unpaired) electrons. The maximum atomic E-state index is 12.9. The van der Waals surface area contributed by atoms with Crippen LogP contribution in [0, 0.1) is 5.92 Å². The molecule has 4 amide bonds. The Labute approximate surface area is 163 Å². The third kappa shape index (κ3) is 3.72. The molecule has 0 aromatic heterocycles. The van der Waals surface area contributed by atoms with Gasteiger partial charge in [-0.2, -0.15) is 0 Å². The first-order chi connectivity index (χ1) is 13.4. The highest BCUT2D eigenvalue weighted by Gasteiger charge is 2.55. The van der Waals surface area contributed by atoms with Gasteiger partial charge in [0.25, 0.3) is 5.91 Å². The van der Waals surface area contributed by atoms with Gasteiger partial charge in [-0.25, -0.2) is 9.59 Å². The number of esters is 1. The number of hydrogen-bond donors (Lipinski definition) is 2. The Kier molecular flexibility index (Phi) is 5.67. The topological polar surface area (TPSA) is 105 Å². The number of ether oxygens (including phenoxy) is 1. The minimum atomic E-state index is -0.878. The summed E-state index contributed by atoms with van der Waals surface area (Å²) in [6.45, 7) is 3.62. The van der Waals surface area contributed by atoms with Crippen LogP contribution in [0.15, 0.2) is 24.3 Å². The number of anilines is 1. The van der Waals surface area contributed by atoms with Gasteiger partial charge in [-0.3, -0.25) is 14.5 Å². The maximum absolute atomic E-state index is 12.9. The van der Waals surface area contributed by atoms with Gasteiger partial charge in [-0.05, 0) is 49.9 Å². The molecule has 0 unspecified atom stereocenters. The monoisotopic (exact) mass is 387 g/mol. The normalized spacial score (nSPS) is 24.2. The molecule has 1 aromatic rings. The van der Waals surface area contributed by atoms with Crippen molar-refractivity contribution in [3.8, 4) is 0 Å². The summed E-state index contributed by atoms with van der Waals surface area (Å²) in [6.07, 6.45) is 3.39. The second kappa shape index (κ2) is 8.00. The summed E-state index contributed by atoms with van der Waals surface area (Å²) in [5.41, 5.74) is -0.0373. The van der Waals surface area contributed by atoms with Crippen molar-refractivity contribution >= 4 is 29.5 Å². The van der Waals surface area contributed by atoms with Gasteiger partial charge < -0.3 is 15.4 Å². The number of imide groups is 1. The fourth-order valence-electron chi connectivity index (χ4n) is 3.89. The predicted octanol–water partition coefficient (Wildman–Crippen LogP) is 2.30. The molecule has 1 saturated heterocycles. The molecule has 2 atom stereocenters. The second-order valence-electron chi connectivity index (χ2n) is 7.29. The van der Waals surface area contributed by atoms with Gasteiger partial charge in [-0.1, -0.05) is 19.8 Å². The van der Waals surface area contributed by atoms with Crippen LogP contribution in [0.1, 0.15) is 49.9 Å². The molecule has 1 saturated carbocycles. The molecular formula is C20H25N3O5. The quantitative estimate of drug-likeness (QED) is 0.596. The highest BCUT2D eigenvalue weighted by atomic mass is 16.5. The van der Waals surface area contributed by atoms with Crippen LogP contribution in [0.25, 0.3) is 0 Å². The minimum absolute atomic E-state index is 0.0428. The van der Waals surface area contributed by atoms with Crippen LogP contribution in [-0.4, -0.2) is 47.4 Å². The lowest BCUT2D eigenvalue weighted by Gasteiger charge is -2.36. The molecule has 1 spiro atoms. The summed E-state index contributed by atoms with van der Waals surface area (Å²) < 4.78 is 4.91. The lowest BCUT2D eigenvalue weighted by molar-refractivity contribution is -0.136. The standard InChI is InChI=1S/C20H25N3O5/c1-3-28-17(25)14-7-9-15(10-8-14)21-16(24)12-23-18(26)20(22-19(23)27)11-5-4-6-13(20)2/h7-10,13H,3-6,11-12H2,1-2H3,(H,21,24)(H,22,27)/t13-,20-/m0/s1. The van der Waals surface area contributed by atoms with Gasteiger partial charge in [0.2, 0.25) is 5.91 Å². The zero-order chi connectivity index (χ0) is 20.3. The van der Waals surface area contributed by atoms with Crippen molar-refractivity contribution in [2.75, 3.05) is 18.5 Å². The Hall–Kier alpha value is -2.90. The minimum Gasteiger partial charge on any atom is -0.462 e. The number of benzene rings is 1.